The number of aliphatic carboxylic acids is 1. The highest BCUT2D eigenvalue weighted by Gasteiger charge is 2.10. The normalized spacial score (nSPS) is 11.5. The van der Waals surface area contributed by atoms with Gasteiger partial charge in [-0.3, -0.25) is 4.79 Å². The van der Waals surface area contributed by atoms with Gasteiger partial charge in [-0.05, 0) is 29.2 Å². The van der Waals surface area contributed by atoms with Crippen LogP contribution in [0.2, 0.25) is 0 Å². The predicted molar refractivity (Wildman–Crippen MR) is 83.6 cm³/mol. The van der Waals surface area contributed by atoms with E-state index in [0.29, 0.717) is 0 Å². The van der Waals surface area contributed by atoms with Crippen LogP contribution in [0.25, 0.3) is 12.2 Å². The van der Waals surface area contributed by atoms with Gasteiger partial charge in [-0.2, -0.15) is 0 Å². The van der Waals surface area contributed by atoms with Crippen LogP contribution in [-0.2, 0) is 9.59 Å². The van der Waals surface area contributed by atoms with Crippen LogP contribution in [0.3, 0.4) is 0 Å². The van der Waals surface area contributed by atoms with Crippen molar-refractivity contribution < 1.29 is 14.7 Å². The molecule has 0 saturated heterocycles. The maximum Gasteiger partial charge on any atom is 0.352 e. The Labute approximate surface area is 126 Å². The lowest BCUT2D eigenvalue weighted by molar-refractivity contribution is -0.134. The number of nitrogens with one attached hydrogen (secondary N) is 1. The van der Waals surface area contributed by atoms with Crippen molar-refractivity contribution in [3.8, 4) is 0 Å². The van der Waals surface area contributed by atoms with E-state index in [1.165, 1.54) is 23.5 Å². The van der Waals surface area contributed by atoms with Gasteiger partial charge in [0.25, 0.3) is 0 Å². The van der Waals surface area contributed by atoms with Gasteiger partial charge in [0.2, 0.25) is 5.91 Å². The van der Waals surface area contributed by atoms with Gasteiger partial charge < -0.3 is 10.4 Å². The van der Waals surface area contributed by atoms with Crippen molar-refractivity contribution in [2.45, 2.75) is 0 Å². The Balaban J connectivity index is 2.06. The Morgan fingerprint density at radius 2 is 1.86 bits per heavy atom. The number of carbonyl (C=O) groups is 2. The van der Waals surface area contributed by atoms with Gasteiger partial charge >= 0.3 is 5.97 Å². The van der Waals surface area contributed by atoms with Crippen molar-refractivity contribution in [2.75, 3.05) is 0 Å². The third-order valence-corrected chi connectivity index (χ3v) is 3.36. The Kier molecular flexibility index (Phi) is 5.06. The molecule has 2 rings (SSSR count). The molecule has 21 heavy (non-hydrogen) atoms. The summed E-state index contributed by atoms with van der Waals surface area (Å²) < 4.78 is 0. The molecule has 0 fully saturated rings. The third kappa shape index (κ3) is 4.74. The zero-order valence-corrected chi connectivity index (χ0v) is 11.8. The monoisotopic (exact) mass is 299 g/mol. The molecule has 0 saturated carbocycles. The van der Waals surface area contributed by atoms with E-state index in [9.17, 15) is 9.59 Å². The van der Waals surface area contributed by atoms with Crippen molar-refractivity contribution in [3.05, 3.63) is 70.1 Å². The number of rotatable bonds is 5. The van der Waals surface area contributed by atoms with E-state index in [4.69, 9.17) is 5.11 Å². The summed E-state index contributed by atoms with van der Waals surface area (Å²) in [5.74, 6) is -1.66. The minimum Gasteiger partial charge on any atom is -0.477 e. The van der Waals surface area contributed by atoms with Crippen LogP contribution < -0.4 is 5.32 Å². The fourth-order valence-corrected chi connectivity index (χ4v) is 2.23. The molecule has 1 aromatic heterocycles. The van der Waals surface area contributed by atoms with Crippen molar-refractivity contribution in [3.63, 3.8) is 0 Å². The quantitative estimate of drug-likeness (QED) is 0.834. The number of thiophene rings is 1. The van der Waals surface area contributed by atoms with Crippen LogP contribution in [0.15, 0.2) is 59.6 Å². The summed E-state index contributed by atoms with van der Waals surface area (Å²) in [5, 5.41) is 13.3. The molecule has 1 heterocycles. The first-order valence-corrected chi connectivity index (χ1v) is 7.06. The van der Waals surface area contributed by atoms with Gasteiger partial charge in [0.1, 0.15) is 5.70 Å². The molecule has 0 aliphatic rings. The van der Waals surface area contributed by atoms with Crippen LogP contribution in [0.4, 0.5) is 0 Å². The fraction of sp³-hybridized carbons (Fsp3) is 0. The molecule has 0 aliphatic carbocycles. The minimum absolute atomic E-state index is 0.153. The Morgan fingerprint density at radius 1 is 1.10 bits per heavy atom. The minimum atomic E-state index is -1.18. The summed E-state index contributed by atoms with van der Waals surface area (Å²) in [5.41, 5.74) is 0.715. The van der Waals surface area contributed by atoms with Gasteiger partial charge in [0.05, 0.1) is 0 Å². The average molecular weight is 299 g/mol. The zero-order valence-electron chi connectivity index (χ0n) is 11.0. The number of benzene rings is 1. The van der Waals surface area contributed by atoms with Gasteiger partial charge in [-0.25, -0.2) is 4.79 Å². The van der Waals surface area contributed by atoms with Crippen LogP contribution in [-0.4, -0.2) is 17.0 Å². The van der Waals surface area contributed by atoms with E-state index < -0.39 is 11.9 Å². The number of amides is 1. The van der Waals surface area contributed by atoms with Gasteiger partial charge in [0, 0.05) is 11.0 Å². The van der Waals surface area contributed by atoms with E-state index in [1.54, 1.807) is 12.1 Å². The number of carbonyl (C=O) groups excluding carboxylic acids is 1. The molecule has 0 aliphatic heterocycles. The van der Waals surface area contributed by atoms with E-state index in [1.807, 2.05) is 41.8 Å². The maximum atomic E-state index is 11.8. The Bertz CT molecular complexity index is 673. The van der Waals surface area contributed by atoms with Gasteiger partial charge in [-0.1, -0.05) is 36.4 Å². The van der Waals surface area contributed by atoms with E-state index >= 15 is 0 Å². The van der Waals surface area contributed by atoms with Crippen LogP contribution >= 0.6 is 11.3 Å². The highest BCUT2D eigenvalue weighted by molar-refractivity contribution is 7.10. The van der Waals surface area contributed by atoms with Crippen LogP contribution in [0.5, 0.6) is 0 Å². The molecule has 106 valence electrons. The highest BCUT2D eigenvalue weighted by Crippen LogP contribution is 2.12. The maximum absolute atomic E-state index is 11.8. The first-order chi connectivity index (χ1) is 10.1. The van der Waals surface area contributed by atoms with Crippen LogP contribution in [0, 0.1) is 0 Å². The third-order valence-electron chi connectivity index (χ3n) is 2.54. The molecule has 1 aromatic carbocycles. The molecule has 0 unspecified atom stereocenters. The second-order valence-electron chi connectivity index (χ2n) is 4.11. The van der Waals surface area contributed by atoms with Crippen LogP contribution in [0.1, 0.15) is 10.4 Å². The van der Waals surface area contributed by atoms with Crippen molar-refractivity contribution in [2.24, 2.45) is 0 Å². The average Bonchev–Trinajstić information content (AvgIpc) is 2.98. The Morgan fingerprint density at radius 3 is 2.48 bits per heavy atom. The number of carboxylic acids is 1. The predicted octanol–water partition coefficient (Wildman–Crippen LogP) is 3.00. The number of hydrogen-bond acceptors (Lipinski definition) is 3. The summed E-state index contributed by atoms with van der Waals surface area (Å²) in [7, 11) is 0. The summed E-state index contributed by atoms with van der Waals surface area (Å²) in [6.07, 6.45) is 4.36. The molecule has 2 N–H and O–H groups in total. The highest BCUT2D eigenvalue weighted by atomic mass is 32.1. The smallest absolute Gasteiger partial charge is 0.352 e. The lowest BCUT2D eigenvalue weighted by Gasteiger charge is -2.02. The molecule has 0 atom stereocenters. The second kappa shape index (κ2) is 7.21. The molecule has 4 nitrogen and oxygen atoms in total. The molecular weight excluding hydrogens is 286 g/mol. The van der Waals surface area contributed by atoms with Crippen molar-refractivity contribution in [1.82, 2.24) is 5.32 Å². The Hall–Kier alpha value is -2.66. The summed E-state index contributed by atoms with van der Waals surface area (Å²) in [6, 6.07) is 12.9. The molecule has 0 bridgehead atoms. The lowest BCUT2D eigenvalue weighted by Crippen LogP contribution is -2.25. The largest absolute Gasteiger partial charge is 0.477 e. The summed E-state index contributed by atoms with van der Waals surface area (Å²) in [4.78, 5) is 23.7. The van der Waals surface area contributed by atoms with Gasteiger partial charge in [0.15, 0.2) is 0 Å². The topological polar surface area (TPSA) is 66.4 Å². The van der Waals surface area contributed by atoms with E-state index in [-0.39, 0.29) is 5.70 Å². The molecule has 0 radical (unpaired) electrons. The van der Waals surface area contributed by atoms with Crippen molar-refractivity contribution in [1.29, 1.82) is 0 Å². The number of hydrogen-bond donors (Lipinski definition) is 2. The van der Waals surface area contributed by atoms with E-state index in [2.05, 4.69) is 5.32 Å². The summed E-state index contributed by atoms with van der Waals surface area (Å²) >= 11 is 1.40. The summed E-state index contributed by atoms with van der Waals surface area (Å²) in [6.45, 7) is 0. The zero-order chi connectivity index (χ0) is 15.1. The van der Waals surface area contributed by atoms with E-state index in [0.717, 1.165) is 10.4 Å². The fourth-order valence-electron chi connectivity index (χ4n) is 1.58. The molecule has 5 heteroatoms. The molecule has 0 spiro atoms. The molecule has 2 aromatic rings. The molecule has 1 amide bonds. The second-order valence-corrected chi connectivity index (χ2v) is 5.09. The SMILES string of the molecule is O=C(C=Cc1ccccc1)NC(=Cc1cccs1)C(=O)O. The standard InChI is InChI=1S/C16H13NO3S/c18-15(9-8-12-5-2-1-3-6-12)17-14(16(19)20)11-13-7-4-10-21-13/h1-11H,(H,17,18)(H,19,20). The van der Waals surface area contributed by atoms with Crippen molar-refractivity contribution >= 4 is 35.4 Å². The number of carboxylic acid groups (broad SMARTS) is 1. The first-order valence-electron chi connectivity index (χ1n) is 6.18. The van der Waals surface area contributed by atoms with Gasteiger partial charge in [-0.15, -0.1) is 11.3 Å². The lowest BCUT2D eigenvalue weighted by atomic mass is 10.2. The molecular formula is C16H13NO3S. The first kappa shape index (κ1) is 14.7.